The van der Waals surface area contributed by atoms with E-state index in [0.29, 0.717) is 15.2 Å². The number of hydrogen-bond donors (Lipinski definition) is 0. The standard InChI is InChI=1S/C16H13FN4O3S2/c1-4-5-20-11-7-10(9(17)6-12(11)24-8-13(20)25)21-14(22)18(2)16(26)19(3)15(21)23/h1,6-7H,5,8H2,2-3H3. The number of anilines is 1. The van der Waals surface area contributed by atoms with Gasteiger partial charge in [-0.15, -0.1) is 6.42 Å². The highest BCUT2D eigenvalue weighted by atomic mass is 32.1. The van der Waals surface area contributed by atoms with Gasteiger partial charge in [0.15, 0.2) is 10.6 Å². The number of terminal acetylenes is 1. The third-order valence-corrected chi connectivity index (χ3v) is 4.88. The van der Waals surface area contributed by atoms with E-state index in [4.69, 9.17) is 35.6 Å². The third kappa shape index (κ3) is 2.65. The van der Waals surface area contributed by atoms with Gasteiger partial charge >= 0.3 is 11.4 Å². The second-order valence-corrected chi connectivity index (χ2v) is 6.38. The Morgan fingerprint density at radius 3 is 2.38 bits per heavy atom. The van der Waals surface area contributed by atoms with Crippen molar-refractivity contribution >= 4 is 35.1 Å². The van der Waals surface area contributed by atoms with E-state index in [0.717, 1.165) is 15.2 Å². The molecule has 26 heavy (non-hydrogen) atoms. The molecule has 0 spiro atoms. The van der Waals surface area contributed by atoms with E-state index in [2.05, 4.69) is 5.92 Å². The molecular weight excluding hydrogens is 379 g/mol. The summed E-state index contributed by atoms with van der Waals surface area (Å²) < 4.78 is 23.0. The summed E-state index contributed by atoms with van der Waals surface area (Å²) in [5, 5.41) is 0. The van der Waals surface area contributed by atoms with Crippen LogP contribution in [-0.2, 0) is 14.1 Å². The normalized spacial score (nSPS) is 13.2. The number of ether oxygens (including phenoxy) is 1. The Morgan fingerprint density at radius 2 is 1.81 bits per heavy atom. The molecule has 0 saturated heterocycles. The zero-order chi connectivity index (χ0) is 19.2. The fraction of sp³-hybridized carbons (Fsp3) is 0.250. The number of rotatable bonds is 2. The van der Waals surface area contributed by atoms with Crippen LogP contribution in [0, 0.1) is 22.9 Å². The lowest BCUT2D eigenvalue weighted by molar-refractivity contribution is 0.367. The molecule has 134 valence electrons. The van der Waals surface area contributed by atoms with Crippen LogP contribution in [0.4, 0.5) is 10.1 Å². The predicted molar refractivity (Wildman–Crippen MR) is 101 cm³/mol. The summed E-state index contributed by atoms with van der Waals surface area (Å²) in [5.41, 5.74) is -1.38. The summed E-state index contributed by atoms with van der Waals surface area (Å²) in [5.74, 6) is 1.90. The van der Waals surface area contributed by atoms with E-state index in [9.17, 15) is 14.0 Å². The topological polar surface area (TPSA) is 61.4 Å². The van der Waals surface area contributed by atoms with Crippen LogP contribution in [-0.4, -0.2) is 31.8 Å². The van der Waals surface area contributed by atoms with Gasteiger partial charge in [-0.1, -0.05) is 18.1 Å². The first-order chi connectivity index (χ1) is 12.3. The molecule has 0 amide bonds. The smallest absolute Gasteiger partial charge is 0.338 e. The van der Waals surface area contributed by atoms with E-state index < -0.39 is 17.2 Å². The monoisotopic (exact) mass is 392 g/mol. The Labute approximate surface area is 157 Å². The van der Waals surface area contributed by atoms with Crippen LogP contribution in [0.3, 0.4) is 0 Å². The summed E-state index contributed by atoms with van der Waals surface area (Å²) >= 11 is 10.3. The van der Waals surface area contributed by atoms with Crippen molar-refractivity contribution in [2.24, 2.45) is 14.1 Å². The molecule has 1 aliphatic rings. The molecule has 2 heterocycles. The number of benzene rings is 1. The Balaban J connectivity index is 2.35. The largest absolute Gasteiger partial charge is 0.484 e. The molecule has 1 aromatic carbocycles. The molecule has 1 aromatic heterocycles. The Bertz CT molecular complexity index is 1120. The molecule has 1 aliphatic heterocycles. The molecule has 7 nitrogen and oxygen atoms in total. The zero-order valence-electron chi connectivity index (χ0n) is 13.9. The minimum Gasteiger partial charge on any atom is -0.484 e. The Hall–Kier alpha value is -2.77. The van der Waals surface area contributed by atoms with Crippen molar-refractivity contribution in [1.82, 2.24) is 13.7 Å². The maximum atomic E-state index is 14.7. The minimum absolute atomic E-state index is 0.0214. The SMILES string of the molecule is C#CCN1C(=S)COc2cc(F)c(-n3c(=O)n(C)c(=S)n(C)c3=O)cc21. The van der Waals surface area contributed by atoms with Crippen molar-refractivity contribution in [1.29, 1.82) is 0 Å². The fourth-order valence-corrected chi connectivity index (χ4v) is 3.00. The van der Waals surface area contributed by atoms with E-state index in [-0.39, 0.29) is 29.4 Å². The number of halogens is 1. The van der Waals surface area contributed by atoms with Crippen molar-refractivity contribution in [3.63, 3.8) is 0 Å². The number of nitrogens with zero attached hydrogens (tertiary/aromatic N) is 4. The van der Waals surface area contributed by atoms with Gasteiger partial charge in [-0.3, -0.25) is 9.13 Å². The van der Waals surface area contributed by atoms with E-state index in [1.807, 2.05) is 0 Å². The highest BCUT2D eigenvalue weighted by Gasteiger charge is 2.26. The first kappa shape index (κ1) is 18.0. The lowest BCUT2D eigenvalue weighted by Crippen LogP contribution is -2.44. The zero-order valence-corrected chi connectivity index (χ0v) is 15.5. The number of aromatic nitrogens is 3. The van der Waals surface area contributed by atoms with Crippen LogP contribution < -0.4 is 21.0 Å². The van der Waals surface area contributed by atoms with Gasteiger partial charge in [0, 0.05) is 20.2 Å². The Kier molecular flexibility index (Phi) is 4.52. The van der Waals surface area contributed by atoms with Crippen LogP contribution in [0.2, 0.25) is 0 Å². The van der Waals surface area contributed by atoms with Gasteiger partial charge in [-0.05, 0) is 18.3 Å². The van der Waals surface area contributed by atoms with Crippen LogP contribution in [0.5, 0.6) is 5.75 Å². The van der Waals surface area contributed by atoms with E-state index >= 15 is 0 Å². The van der Waals surface area contributed by atoms with Gasteiger partial charge in [0.05, 0.1) is 17.9 Å². The first-order valence-electron chi connectivity index (χ1n) is 7.37. The van der Waals surface area contributed by atoms with E-state index in [1.54, 1.807) is 4.90 Å². The maximum absolute atomic E-state index is 14.7. The van der Waals surface area contributed by atoms with Crippen LogP contribution in [0.15, 0.2) is 21.7 Å². The molecular formula is C16H13FN4O3S2. The summed E-state index contributed by atoms with van der Waals surface area (Å²) in [6.45, 7) is 0.232. The number of thiocarbonyl (C=S) groups is 1. The molecule has 0 aliphatic carbocycles. The van der Waals surface area contributed by atoms with Crippen LogP contribution in [0.1, 0.15) is 0 Å². The molecule has 0 fully saturated rings. The van der Waals surface area contributed by atoms with Gasteiger partial charge in [-0.2, -0.15) is 0 Å². The highest BCUT2D eigenvalue weighted by molar-refractivity contribution is 7.80. The summed E-state index contributed by atoms with van der Waals surface area (Å²) in [7, 11) is 2.81. The molecule has 2 aromatic rings. The number of fused-ring (bicyclic) bond motifs is 1. The highest BCUT2D eigenvalue weighted by Crippen LogP contribution is 2.35. The third-order valence-electron chi connectivity index (χ3n) is 3.99. The Morgan fingerprint density at radius 1 is 1.19 bits per heavy atom. The molecule has 10 heteroatoms. The van der Waals surface area contributed by atoms with Gasteiger partial charge in [0.2, 0.25) is 0 Å². The average molecular weight is 392 g/mol. The molecule has 0 unspecified atom stereocenters. The van der Waals surface area contributed by atoms with E-state index in [1.165, 1.54) is 20.2 Å². The lowest BCUT2D eigenvalue weighted by Gasteiger charge is -2.30. The van der Waals surface area contributed by atoms with Crippen molar-refractivity contribution in [3.8, 4) is 23.8 Å². The minimum atomic E-state index is -0.798. The molecule has 0 bridgehead atoms. The van der Waals surface area contributed by atoms with Crippen LogP contribution >= 0.6 is 24.4 Å². The second kappa shape index (κ2) is 6.51. The van der Waals surface area contributed by atoms with Gasteiger partial charge in [0.1, 0.15) is 17.3 Å². The average Bonchev–Trinajstić information content (AvgIpc) is 2.62. The fourth-order valence-electron chi connectivity index (χ4n) is 2.62. The molecule has 0 atom stereocenters. The maximum Gasteiger partial charge on any atom is 0.338 e. The predicted octanol–water partition coefficient (Wildman–Crippen LogP) is 0.903. The van der Waals surface area contributed by atoms with Crippen LogP contribution in [0.25, 0.3) is 5.69 Å². The van der Waals surface area contributed by atoms with Crippen molar-refractivity contribution in [2.45, 2.75) is 0 Å². The molecule has 3 rings (SSSR count). The molecule has 0 radical (unpaired) electrons. The first-order valence-corrected chi connectivity index (χ1v) is 8.19. The van der Waals surface area contributed by atoms with Crippen molar-refractivity contribution < 1.29 is 9.13 Å². The quantitative estimate of drug-likeness (QED) is 0.559. The molecule has 0 saturated carbocycles. The summed E-state index contributed by atoms with van der Waals surface area (Å²) in [4.78, 5) is 27.1. The number of hydrogen-bond acceptors (Lipinski definition) is 5. The van der Waals surface area contributed by atoms with Gasteiger partial charge in [-0.25, -0.2) is 18.5 Å². The van der Waals surface area contributed by atoms with Gasteiger partial charge in [0.25, 0.3) is 0 Å². The summed E-state index contributed by atoms with van der Waals surface area (Å²) in [6.07, 6.45) is 5.37. The molecule has 0 N–H and O–H groups in total. The van der Waals surface area contributed by atoms with Crippen molar-refractivity contribution in [2.75, 3.05) is 18.1 Å². The second-order valence-electron chi connectivity index (χ2n) is 5.55. The van der Waals surface area contributed by atoms with Gasteiger partial charge < -0.3 is 9.64 Å². The summed E-state index contributed by atoms with van der Waals surface area (Å²) in [6, 6.07) is 2.42. The lowest BCUT2D eigenvalue weighted by atomic mass is 10.2. The van der Waals surface area contributed by atoms with Crippen molar-refractivity contribution in [3.05, 3.63) is 43.7 Å².